The van der Waals surface area contributed by atoms with E-state index in [0.29, 0.717) is 0 Å². The highest BCUT2D eigenvalue weighted by Crippen LogP contribution is 2.44. The summed E-state index contributed by atoms with van der Waals surface area (Å²) in [4.78, 5) is 46.1. The summed E-state index contributed by atoms with van der Waals surface area (Å²) in [5.41, 5.74) is 5.82. The number of rotatable bonds is 11. The number of nitro groups is 1. The molecule has 36 heavy (non-hydrogen) atoms. The monoisotopic (exact) mass is 498 g/mol. The summed E-state index contributed by atoms with van der Waals surface area (Å²) < 4.78 is 5.45. The van der Waals surface area contributed by atoms with E-state index in [9.17, 15) is 24.5 Å². The Bertz CT molecular complexity index is 1110. The molecule has 0 unspecified atom stereocenters. The highest BCUT2D eigenvalue weighted by Gasteiger charge is 2.29. The van der Waals surface area contributed by atoms with E-state index in [1.54, 1.807) is 5.43 Å². The van der Waals surface area contributed by atoms with Crippen LogP contribution in [0.1, 0.15) is 29.9 Å². The molecule has 0 bridgehead atoms. The highest BCUT2D eigenvalue weighted by molar-refractivity contribution is 5.88. The molecule has 2 amide bonds. The van der Waals surface area contributed by atoms with Crippen molar-refractivity contribution < 1.29 is 29.3 Å². The van der Waals surface area contributed by atoms with Crippen LogP contribution in [0.2, 0.25) is 0 Å². The van der Waals surface area contributed by atoms with E-state index in [4.69, 9.17) is 15.3 Å². The van der Waals surface area contributed by atoms with Crippen molar-refractivity contribution in [2.75, 3.05) is 19.7 Å². The second-order valence-electron chi connectivity index (χ2n) is 7.95. The molecule has 1 atom stereocenters. The van der Waals surface area contributed by atoms with E-state index in [-0.39, 0.29) is 31.9 Å². The summed E-state index contributed by atoms with van der Waals surface area (Å²) in [5, 5.41) is 32.7. The average molecular weight is 498 g/mol. The van der Waals surface area contributed by atoms with Crippen molar-refractivity contribution in [3.8, 4) is 11.1 Å². The van der Waals surface area contributed by atoms with Crippen molar-refractivity contribution in [2.45, 2.75) is 24.8 Å². The van der Waals surface area contributed by atoms with Gasteiger partial charge in [0.15, 0.2) is 5.03 Å². The van der Waals surface area contributed by atoms with E-state index in [1.807, 2.05) is 48.5 Å². The fourth-order valence-electron chi connectivity index (χ4n) is 3.99. The Hall–Kier alpha value is -4.68. The van der Waals surface area contributed by atoms with E-state index in [0.717, 1.165) is 22.3 Å². The van der Waals surface area contributed by atoms with E-state index >= 15 is 0 Å². The van der Waals surface area contributed by atoms with Gasteiger partial charge < -0.3 is 25.8 Å². The highest BCUT2D eigenvalue weighted by atomic mass is 16.7. The number of carbonyl (C=O) groups excluding carboxylic acids is 2. The van der Waals surface area contributed by atoms with E-state index < -0.39 is 41.5 Å². The van der Waals surface area contributed by atoms with Gasteiger partial charge in [-0.25, -0.2) is 14.9 Å². The Morgan fingerprint density at radius 3 is 2.25 bits per heavy atom. The number of carbonyl (C=O) groups is 3. The lowest BCUT2D eigenvalue weighted by atomic mass is 9.98. The number of carboxylic acids is 1. The van der Waals surface area contributed by atoms with Crippen molar-refractivity contribution in [1.29, 1.82) is 5.41 Å². The van der Waals surface area contributed by atoms with Gasteiger partial charge in [-0.2, -0.15) is 0 Å². The standard InChI is InChI=1S/C23H26N6O7/c24-22(28-29(34)35)25-11-5-10-19(21(32)26-12-20(30)31)27-23(33)36-13-18-16-8-3-1-6-14(16)15-7-2-4-9-17(15)18/h1-4,6-9,18-19H,5,10-13H2,(H,26,32)(H,27,33)(H,30,31)(H3,24,25,28)/t19-/m0/s1. The van der Waals surface area contributed by atoms with Crippen LogP contribution in [-0.2, 0) is 14.3 Å². The smallest absolute Gasteiger partial charge is 0.407 e. The van der Waals surface area contributed by atoms with Crippen molar-refractivity contribution >= 4 is 23.9 Å². The Morgan fingerprint density at radius 2 is 1.67 bits per heavy atom. The number of fused-ring (bicyclic) bond motifs is 3. The molecule has 0 saturated carbocycles. The van der Waals surface area contributed by atoms with E-state index in [2.05, 4.69) is 16.0 Å². The maximum atomic E-state index is 12.6. The van der Waals surface area contributed by atoms with Gasteiger partial charge in [0.2, 0.25) is 5.91 Å². The predicted molar refractivity (Wildman–Crippen MR) is 128 cm³/mol. The first-order valence-electron chi connectivity index (χ1n) is 11.1. The molecule has 13 heteroatoms. The number of benzene rings is 2. The Morgan fingerprint density at radius 1 is 1.06 bits per heavy atom. The normalized spacial score (nSPS) is 12.4. The summed E-state index contributed by atoms with van der Waals surface area (Å²) in [7, 11) is 0. The summed E-state index contributed by atoms with van der Waals surface area (Å²) in [6, 6.07) is 14.6. The number of aliphatic carboxylic acids is 1. The fraction of sp³-hybridized carbons (Fsp3) is 0.304. The third-order valence-electron chi connectivity index (χ3n) is 5.54. The van der Waals surface area contributed by atoms with Crippen molar-refractivity contribution in [2.24, 2.45) is 0 Å². The minimum atomic E-state index is -1.25. The number of amides is 2. The first-order valence-corrected chi connectivity index (χ1v) is 11.1. The maximum absolute atomic E-state index is 12.6. The van der Waals surface area contributed by atoms with Crippen LogP contribution < -0.4 is 21.4 Å². The molecule has 3 rings (SSSR count). The van der Waals surface area contributed by atoms with Crippen molar-refractivity contribution in [3.05, 3.63) is 69.8 Å². The van der Waals surface area contributed by atoms with Gasteiger partial charge in [-0.05, 0) is 35.1 Å². The molecular formula is C23H26N6O7. The molecule has 0 fully saturated rings. The average Bonchev–Trinajstić information content (AvgIpc) is 3.16. The molecular weight excluding hydrogens is 472 g/mol. The molecule has 2 aromatic rings. The molecule has 0 spiro atoms. The van der Waals surface area contributed by atoms with Gasteiger partial charge in [-0.1, -0.05) is 54.0 Å². The SMILES string of the molecule is N=C(NCCC[C@H](NC(=O)OCC1c2ccccc2-c2ccccc21)C(=O)NCC(=O)O)N[N+](=O)[O-]. The number of ether oxygens (including phenoxy) is 1. The summed E-state index contributed by atoms with van der Waals surface area (Å²) >= 11 is 0. The van der Waals surface area contributed by atoms with Crippen molar-refractivity contribution in [1.82, 2.24) is 21.4 Å². The van der Waals surface area contributed by atoms with Gasteiger partial charge >= 0.3 is 12.1 Å². The molecule has 13 nitrogen and oxygen atoms in total. The third kappa shape index (κ3) is 6.91. The molecule has 2 aromatic carbocycles. The molecule has 190 valence electrons. The van der Waals surface area contributed by atoms with E-state index in [1.165, 1.54) is 0 Å². The molecule has 1 aliphatic rings. The van der Waals surface area contributed by atoms with Gasteiger partial charge in [-0.3, -0.25) is 15.0 Å². The number of carboxylic acid groups (broad SMARTS) is 1. The van der Waals surface area contributed by atoms with Gasteiger partial charge in [-0.15, -0.1) is 0 Å². The maximum Gasteiger partial charge on any atom is 0.407 e. The zero-order valence-electron chi connectivity index (χ0n) is 19.2. The molecule has 0 aliphatic heterocycles. The molecule has 0 heterocycles. The van der Waals surface area contributed by atoms with Crippen LogP contribution in [0.25, 0.3) is 11.1 Å². The first kappa shape index (κ1) is 25.9. The Kier molecular flexibility index (Phi) is 8.75. The molecule has 1 aliphatic carbocycles. The lowest BCUT2D eigenvalue weighted by Gasteiger charge is -2.19. The van der Waals surface area contributed by atoms with Gasteiger partial charge in [0.1, 0.15) is 19.2 Å². The minimum Gasteiger partial charge on any atom is -0.480 e. The second-order valence-corrected chi connectivity index (χ2v) is 7.95. The summed E-state index contributed by atoms with van der Waals surface area (Å²) in [6.07, 6.45) is -0.548. The van der Waals surface area contributed by atoms with Crippen LogP contribution in [0.15, 0.2) is 48.5 Å². The molecule has 0 aromatic heterocycles. The Labute approximate surface area is 205 Å². The molecule has 6 N–H and O–H groups in total. The zero-order chi connectivity index (χ0) is 26.1. The quantitative estimate of drug-likeness (QED) is 0.0866. The molecule has 0 radical (unpaired) electrons. The third-order valence-corrected chi connectivity index (χ3v) is 5.54. The minimum absolute atomic E-state index is 0.0363. The van der Waals surface area contributed by atoms with Crippen molar-refractivity contribution in [3.63, 3.8) is 0 Å². The fourth-order valence-corrected chi connectivity index (χ4v) is 3.99. The van der Waals surface area contributed by atoms with Gasteiger partial charge in [0.05, 0.1) is 0 Å². The number of hydrogen-bond donors (Lipinski definition) is 6. The lowest BCUT2D eigenvalue weighted by Crippen LogP contribution is -2.48. The first-order chi connectivity index (χ1) is 17.3. The topological polar surface area (TPSA) is 196 Å². The van der Waals surface area contributed by atoms with Crippen LogP contribution in [0.3, 0.4) is 0 Å². The number of hydrogen-bond acceptors (Lipinski definition) is 7. The zero-order valence-corrected chi connectivity index (χ0v) is 19.2. The lowest BCUT2D eigenvalue weighted by molar-refractivity contribution is -0.525. The number of hydrazine groups is 1. The second kappa shape index (κ2) is 12.1. The predicted octanol–water partition coefficient (Wildman–Crippen LogP) is 1.18. The van der Waals surface area contributed by atoms with Crippen LogP contribution in [-0.4, -0.2) is 59.8 Å². The van der Waals surface area contributed by atoms with Crippen LogP contribution in [0.5, 0.6) is 0 Å². The number of alkyl carbamates (subject to hydrolysis) is 1. The van der Waals surface area contributed by atoms with Crippen LogP contribution in [0, 0.1) is 15.5 Å². The van der Waals surface area contributed by atoms with Crippen LogP contribution in [0.4, 0.5) is 4.79 Å². The number of guanidine groups is 1. The molecule has 0 saturated heterocycles. The largest absolute Gasteiger partial charge is 0.480 e. The van der Waals surface area contributed by atoms with Gasteiger partial charge in [0.25, 0.3) is 5.96 Å². The number of nitrogens with one attached hydrogen (secondary N) is 5. The Balaban J connectivity index is 1.58. The number of nitrogens with zero attached hydrogens (tertiary/aromatic N) is 1. The summed E-state index contributed by atoms with van der Waals surface area (Å²) in [5.74, 6) is -2.67. The van der Waals surface area contributed by atoms with Gasteiger partial charge in [0, 0.05) is 12.5 Å². The summed E-state index contributed by atoms with van der Waals surface area (Å²) in [6.45, 7) is -0.499. The van der Waals surface area contributed by atoms with Crippen LogP contribution >= 0.6 is 0 Å².